The third kappa shape index (κ3) is 3.30. The number of allylic oxidation sites excluding steroid dienone is 1. The highest BCUT2D eigenvalue weighted by molar-refractivity contribution is 7.86. The molecule has 1 heterocycles. The second-order valence-electron chi connectivity index (χ2n) is 5.97. The summed E-state index contributed by atoms with van der Waals surface area (Å²) in [4.78, 5) is 12.4. The molecule has 1 saturated heterocycles. The maximum Gasteiger partial charge on any atom is 0.314 e. The lowest BCUT2D eigenvalue weighted by molar-refractivity contribution is -0.194. The number of esters is 1. The van der Waals surface area contributed by atoms with Gasteiger partial charge in [0.2, 0.25) is 6.29 Å². The highest BCUT2D eigenvalue weighted by Crippen LogP contribution is 2.46. The van der Waals surface area contributed by atoms with Crippen molar-refractivity contribution in [3.63, 3.8) is 0 Å². The quantitative estimate of drug-likeness (QED) is 0.441. The van der Waals surface area contributed by atoms with E-state index in [9.17, 15) is 13.2 Å². The third-order valence-corrected chi connectivity index (χ3v) is 4.90. The SMILES string of the molecule is CS(=O)(=O)OC1C2C=CC(C2)C1C(=O)OC1CCCCO1. The van der Waals surface area contributed by atoms with Gasteiger partial charge in [0.1, 0.15) is 0 Å². The first-order chi connectivity index (χ1) is 9.94. The Labute approximate surface area is 124 Å². The van der Waals surface area contributed by atoms with Crippen LogP contribution in [0.1, 0.15) is 25.7 Å². The Balaban J connectivity index is 1.69. The van der Waals surface area contributed by atoms with E-state index >= 15 is 0 Å². The van der Waals surface area contributed by atoms with Crippen LogP contribution in [-0.4, -0.2) is 39.6 Å². The van der Waals surface area contributed by atoms with E-state index in [1.54, 1.807) is 0 Å². The molecule has 5 atom stereocenters. The molecule has 3 rings (SSSR count). The second-order valence-corrected chi connectivity index (χ2v) is 7.57. The molecule has 3 aliphatic rings. The van der Waals surface area contributed by atoms with Crippen molar-refractivity contribution in [3.8, 4) is 0 Å². The summed E-state index contributed by atoms with van der Waals surface area (Å²) in [5.74, 6) is -1.000. The molecule has 2 fully saturated rings. The summed E-state index contributed by atoms with van der Waals surface area (Å²) >= 11 is 0. The lowest BCUT2D eigenvalue weighted by atomic mass is 9.91. The van der Waals surface area contributed by atoms with Gasteiger partial charge in [0.05, 0.1) is 24.9 Å². The van der Waals surface area contributed by atoms with Crippen LogP contribution in [-0.2, 0) is 28.6 Å². The normalized spacial score (nSPS) is 38.6. The smallest absolute Gasteiger partial charge is 0.314 e. The fraction of sp³-hybridized carbons (Fsp3) is 0.786. The summed E-state index contributed by atoms with van der Waals surface area (Å²) in [6.45, 7) is 0.595. The van der Waals surface area contributed by atoms with Crippen LogP contribution in [0.5, 0.6) is 0 Å². The van der Waals surface area contributed by atoms with Crippen LogP contribution in [0.2, 0.25) is 0 Å². The molecule has 0 aromatic rings. The Morgan fingerprint density at radius 3 is 2.67 bits per heavy atom. The van der Waals surface area contributed by atoms with Crippen molar-refractivity contribution in [2.45, 2.75) is 38.1 Å². The summed E-state index contributed by atoms with van der Waals surface area (Å²) in [5.41, 5.74) is 0. The molecule has 2 aliphatic carbocycles. The molecule has 0 radical (unpaired) electrons. The van der Waals surface area contributed by atoms with Gasteiger partial charge in [-0.15, -0.1) is 0 Å². The summed E-state index contributed by atoms with van der Waals surface area (Å²) in [7, 11) is -3.60. The van der Waals surface area contributed by atoms with Crippen molar-refractivity contribution < 1.29 is 26.9 Å². The topological polar surface area (TPSA) is 78.9 Å². The molecule has 0 N–H and O–H groups in total. The zero-order valence-electron chi connectivity index (χ0n) is 11.9. The lowest BCUT2D eigenvalue weighted by Gasteiger charge is -2.28. The molecule has 6 nitrogen and oxygen atoms in total. The summed E-state index contributed by atoms with van der Waals surface area (Å²) in [5, 5.41) is 0. The summed E-state index contributed by atoms with van der Waals surface area (Å²) < 4.78 is 38.7. The molecule has 0 aromatic heterocycles. The van der Waals surface area contributed by atoms with E-state index in [1.807, 2.05) is 12.2 Å². The van der Waals surface area contributed by atoms with Crippen molar-refractivity contribution in [2.24, 2.45) is 17.8 Å². The zero-order valence-corrected chi connectivity index (χ0v) is 12.8. The zero-order chi connectivity index (χ0) is 15.0. The average Bonchev–Trinajstić information content (AvgIpc) is 2.98. The van der Waals surface area contributed by atoms with Crippen LogP contribution < -0.4 is 0 Å². The first-order valence-electron chi connectivity index (χ1n) is 7.33. The molecule has 118 valence electrons. The predicted octanol–water partition coefficient (Wildman–Crippen LogP) is 1.22. The molecule has 0 aromatic carbocycles. The van der Waals surface area contributed by atoms with Crippen molar-refractivity contribution in [2.75, 3.05) is 12.9 Å². The molecule has 0 spiro atoms. The summed E-state index contributed by atoms with van der Waals surface area (Å²) in [6.07, 6.45) is 7.13. The Morgan fingerprint density at radius 2 is 2.00 bits per heavy atom. The third-order valence-electron chi connectivity index (χ3n) is 4.33. The maximum atomic E-state index is 12.4. The van der Waals surface area contributed by atoms with Crippen LogP contribution >= 0.6 is 0 Å². The molecule has 21 heavy (non-hydrogen) atoms. The molecule has 1 saturated carbocycles. The molecular formula is C14H20O6S. The molecule has 5 unspecified atom stereocenters. The fourth-order valence-electron chi connectivity index (χ4n) is 3.43. The fourth-order valence-corrected chi connectivity index (χ4v) is 4.10. The number of carbonyl (C=O) groups excluding carboxylic acids is 1. The van der Waals surface area contributed by atoms with Gasteiger partial charge in [-0.25, -0.2) is 0 Å². The van der Waals surface area contributed by atoms with Gasteiger partial charge in [-0.1, -0.05) is 12.2 Å². The highest BCUT2D eigenvalue weighted by atomic mass is 32.2. The van der Waals surface area contributed by atoms with Crippen molar-refractivity contribution in [1.29, 1.82) is 0 Å². The average molecular weight is 316 g/mol. The van der Waals surface area contributed by atoms with E-state index < -0.39 is 34.4 Å². The Hall–Kier alpha value is -0.920. The number of rotatable bonds is 4. The van der Waals surface area contributed by atoms with Gasteiger partial charge in [0, 0.05) is 12.3 Å². The van der Waals surface area contributed by atoms with Crippen molar-refractivity contribution >= 4 is 16.1 Å². The lowest BCUT2D eigenvalue weighted by Crippen LogP contribution is -2.39. The summed E-state index contributed by atoms with van der Waals surface area (Å²) in [6, 6.07) is 0. The van der Waals surface area contributed by atoms with E-state index in [1.165, 1.54) is 0 Å². The minimum Gasteiger partial charge on any atom is -0.435 e. The molecule has 7 heteroatoms. The molecular weight excluding hydrogens is 296 g/mol. The predicted molar refractivity (Wildman–Crippen MR) is 73.6 cm³/mol. The minimum atomic E-state index is -3.60. The molecule has 2 bridgehead atoms. The number of fused-ring (bicyclic) bond motifs is 2. The number of hydrogen-bond donors (Lipinski definition) is 0. The Morgan fingerprint density at radius 1 is 1.24 bits per heavy atom. The number of hydrogen-bond acceptors (Lipinski definition) is 6. The van der Waals surface area contributed by atoms with Crippen LogP contribution in [0.4, 0.5) is 0 Å². The van der Waals surface area contributed by atoms with E-state index in [-0.39, 0.29) is 11.8 Å². The minimum absolute atomic E-state index is 0.00200. The van der Waals surface area contributed by atoms with Crippen molar-refractivity contribution in [1.82, 2.24) is 0 Å². The van der Waals surface area contributed by atoms with Gasteiger partial charge >= 0.3 is 5.97 Å². The van der Waals surface area contributed by atoms with Gasteiger partial charge in [-0.2, -0.15) is 8.42 Å². The van der Waals surface area contributed by atoms with E-state index in [2.05, 4.69) is 0 Å². The van der Waals surface area contributed by atoms with E-state index in [0.717, 1.165) is 25.5 Å². The van der Waals surface area contributed by atoms with Crippen LogP contribution in [0, 0.1) is 17.8 Å². The molecule has 0 amide bonds. The van der Waals surface area contributed by atoms with Crippen molar-refractivity contribution in [3.05, 3.63) is 12.2 Å². The van der Waals surface area contributed by atoms with Gasteiger partial charge < -0.3 is 9.47 Å². The van der Waals surface area contributed by atoms with Gasteiger partial charge in [0.25, 0.3) is 10.1 Å². The van der Waals surface area contributed by atoms with Crippen LogP contribution in [0.15, 0.2) is 12.2 Å². The highest BCUT2D eigenvalue weighted by Gasteiger charge is 2.51. The second kappa shape index (κ2) is 5.70. The molecule has 1 aliphatic heterocycles. The first kappa shape index (κ1) is 15.0. The van der Waals surface area contributed by atoms with E-state index in [0.29, 0.717) is 13.0 Å². The van der Waals surface area contributed by atoms with Crippen LogP contribution in [0.25, 0.3) is 0 Å². The van der Waals surface area contributed by atoms with Gasteiger partial charge in [0.15, 0.2) is 0 Å². The number of ether oxygens (including phenoxy) is 2. The van der Waals surface area contributed by atoms with Gasteiger partial charge in [-0.3, -0.25) is 8.98 Å². The van der Waals surface area contributed by atoms with Gasteiger partial charge in [-0.05, 0) is 25.2 Å². The first-order valence-corrected chi connectivity index (χ1v) is 9.14. The van der Waals surface area contributed by atoms with Crippen LogP contribution in [0.3, 0.4) is 0 Å². The Kier molecular flexibility index (Phi) is 4.07. The monoisotopic (exact) mass is 316 g/mol. The standard InChI is InChI=1S/C14H20O6S/c1-21(16,17)20-13-10-6-5-9(8-10)12(13)14(15)19-11-4-2-3-7-18-11/h5-6,9-13H,2-4,7-8H2,1H3. The van der Waals surface area contributed by atoms with E-state index in [4.69, 9.17) is 13.7 Å². The number of carbonyl (C=O) groups is 1. The largest absolute Gasteiger partial charge is 0.435 e. The maximum absolute atomic E-state index is 12.4. The Bertz CT molecular complexity index is 534.